The van der Waals surface area contributed by atoms with Gasteiger partial charge in [0.1, 0.15) is 0 Å². The van der Waals surface area contributed by atoms with Gasteiger partial charge in [0.25, 0.3) is 0 Å². The van der Waals surface area contributed by atoms with Crippen LogP contribution in [0, 0.1) is 6.92 Å². The van der Waals surface area contributed by atoms with E-state index in [4.69, 9.17) is 4.74 Å². The molecule has 122 valence electrons. The van der Waals surface area contributed by atoms with Crippen molar-refractivity contribution in [2.24, 2.45) is 0 Å². The highest BCUT2D eigenvalue weighted by atomic mass is 16.5. The molecule has 0 radical (unpaired) electrons. The lowest BCUT2D eigenvalue weighted by molar-refractivity contribution is 0.0505. The molecule has 0 spiro atoms. The molecule has 0 atom stereocenters. The molecule has 4 heteroatoms. The second-order valence-corrected chi connectivity index (χ2v) is 5.67. The summed E-state index contributed by atoms with van der Waals surface area (Å²) < 4.78 is 5.14. The Kier molecular flexibility index (Phi) is 4.75. The molecule has 3 aromatic rings. The van der Waals surface area contributed by atoms with Crippen molar-refractivity contribution in [3.05, 3.63) is 65.9 Å². The largest absolute Gasteiger partial charge is 0.462 e. The first-order valence-corrected chi connectivity index (χ1v) is 8.08. The van der Waals surface area contributed by atoms with Gasteiger partial charge in [-0.2, -0.15) is 0 Å². The fourth-order valence-electron chi connectivity index (χ4n) is 2.53. The number of nitrogens with one attached hydrogen (secondary N) is 1. The van der Waals surface area contributed by atoms with Crippen molar-refractivity contribution < 1.29 is 9.53 Å². The Morgan fingerprint density at radius 3 is 2.62 bits per heavy atom. The minimum absolute atomic E-state index is 0.284. The van der Waals surface area contributed by atoms with Crippen LogP contribution < -0.4 is 5.32 Å². The van der Waals surface area contributed by atoms with Crippen LogP contribution in [0.1, 0.15) is 29.4 Å². The van der Waals surface area contributed by atoms with E-state index in [1.54, 1.807) is 12.1 Å². The zero-order chi connectivity index (χ0) is 16.9. The molecule has 4 nitrogen and oxygen atoms in total. The van der Waals surface area contributed by atoms with Gasteiger partial charge in [-0.15, -0.1) is 0 Å². The van der Waals surface area contributed by atoms with Crippen molar-refractivity contribution >= 4 is 28.2 Å². The minimum Gasteiger partial charge on any atom is -0.462 e. The van der Waals surface area contributed by atoms with E-state index in [-0.39, 0.29) is 5.97 Å². The number of benzene rings is 2. The number of anilines is 2. The molecular weight excluding hydrogens is 300 g/mol. The van der Waals surface area contributed by atoms with Crippen molar-refractivity contribution in [3.63, 3.8) is 0 Å². The summed E-state index contributed by atoms with van der Waals surface area (Å²) in [5, 5.41) is 4.47. The molecule has 3 rings (SSSR count). The van der Waals surface area contributed by atoms with Crippen LogP contribution >= 0.6 is 0 Å². The lowest BCUT2D eigenvalue weighted by Crippen LogP contribution is -2.05. The monoisotopic (exact) mass is 320 g/mol. The Morgan fingerprint density at radius 2 is 1.88 bits per heavy atom. The van der Waals surface area contributed by atoms with Crippen molar-refractivity contribution in [1.29, 1.82) is 0 Å². The number of carbonyl (C=O) groups excluding carboxylic acids is 1. The maximum absolute atomic E-state index is 11.8. The summed E-state index contributed by atoms with van der Waals surface area (Å²) in [5.74, 6) is -0.284. The second-order valence-electron chi connectivity index (χ2n) is 5.67. The Labute approximate surface area is 141 Å². The number of nitrogens with zero attached hydrogens (tertiary/aromatic N) is 1. The van der Waals surface area contributed by atoms with Crippen LogP contribution in [0.2, 0.25) is 0 Å². The molecule has 1 heterocycles. The third-order valence-corrected chi connectivity index (χ3v) is 3.68. The van der Waals surface area contributed by atoms with Crippen molar-refractivity contribution in [1.82, 2.24) is 4.98 Å². The van der Waals surface area contributed by atoms with E-state index in [9.17, 15) is 4.79 Å². The molecule has 0 aliphatic carbocycles. The fraction of sp³-hybridized carbons (Fsp3) is 0.200. The average molecular weight is 320 g/mol. The quantitative estimate of drug-likeness (QED) is 0.683. The number of rotatable bonds is 5. The molecule has 0 saturated carbocycles. The number of carbonyl (C=O) groups is 1. The summed E-state index contributed by atoms with van der Waals surface area (Å²) in [5.41, 5.74) is 4.39. The smallest absolute Gasteiger partial charge is 0.338 e. The molecule has 1 aromatic heterocycles. The zero-order valence-corrected chi connectivity index (χ0v) is 13.9. The molecule has 0 aliphatic rings. The predicted molar refractivity (Wildman–Crippen MR) is 96.8 cm³/mol. The molecule has 0 fully saturated rings. The number of fused-ring (bicyclic) bond motifs is 1. The van der Waals surface area contributed by atoms with Crippen LogP contribution in [0.4, 0.5) is 11.4 Å². The van der Waals surface area contributed by atoms with E-state index in [1.807, 2.05) is 56.3 Å². The maximum atomic E-state index is 11.8. The molecule has 24 heavy (non-hydrogen) atoms. The zero-order valence-electron chi connectivity index (χ0n) is 13.9. The van der Waals surface area contributed by atoms with E-state index in [0.29, 0.717) is 12.2 Å². The number of hydrogen-bond acceptors (Lipinski definition) is 4. The van der Waals surface area contributed by atoms with Gasteiger partial charge < -0.3 is 10.1 Å². The molecule has 0 amide bonds. The Hall–Kier alpha value is -2.88. The Morgan fingerprint density at radius 1 is 1.12 bits per heavy atom. The van der Waals surface area contributed by atoms with Gasteiger partial charge in [0.2, 0.25) is 0 Å². The molecule has 0 unspecified atom stereocenters. The first kappa shape index (κ1) is 16.0. The van der Waals surface area contributed by atoms with Crippen molar-refractivity contribution in [2.75, 3.05) is 11.9 Å². The van der Waals surface area contributed by atoms with E-state index in [1.165, 1.54) is 0 Å². The van der Waals surface area contributed by atoms with Gasteiger partial charge >= 0.3 is 5.97 Å². The standard InChI is InChI=1S/C20H20N2O2/c1-3-12-24-20(23)15-8-10-16(11-9-15)22-19-13-14(2)21-18-7-5-4-6-17(18)19/h4-11,13H,3,12H2,1-2H3,(H,21,22). The third-order valence-electron chi connectivity index (χ3n) is 3.68. The highest BCUT2D eigenvalue weighted by Crippen LogP contribution is 2.26. The summed E-state index contributed by atoms with van der Waals surface area (Å²) in [6.45, 7) is 4.40. The van der Waals surface area contributed by atoms with Crippen LogP contribution in [-0.2, 0) is 4.74 Å². The number of aryl methyl sites for hydroxylation is 1. The molecule has 1 N–H and O–H groups in total. The highest BCUT2D eigenvalue weighted by molar-refractivity contribution is 5.94. The number of esters is 1. The lowest BCUT2D eigenvalue weighted by atomic mass is 10.1. The third kappa shape index (κ3) is 3.54. The van der Waals surface area contributed by atoms with Gasteiger partial charge in [-0.1, -0.05) is 25.1 Å². The molecular formula is C20H20N2O2. The van der Waals surface area contributed by atoms with Crippen molar-refractivity contribution in [3.8, 4) is 0 Å². The summed E-state index contributed by atoms with van der Waals surface area (Å²) in [6, 6.07) is 17.4. The second kappa shape index (κ2) is 7.13. The normalized spacial score (nSPS) is 10.6. The molecule has 0 saturated heterocycles. The summed E-state index contributed by atoms with van der Waals surface area (Å²) in [7, 11) is 0. The maximum Gasteiger partial charge on any atom is 0.338 e. The van der Waals surface area contributed by atoms with Gasteiger partial charge in [0, 0.05) is 22.5 Å². The summed E-state index contributed by atoms with van der Waals surface area (Å²) >= 11 is 0. The number of para-hydroxylation sites is 1. The molecule has 0 bridgehead atoms. The van der Waals surface area contributed by atoms with Crippen molar-refractivity contribution in [2.45, 2.75) is 20.3 Å². The van der Waals surface area contributed by atoms with E-state index < -0.39 is 0 Å². The van der Waals surface area contributed by atoms with E-state index in [0.717, 1.165) is 34.4 Å². The van der Waals surface area contributed by atoms with Gasteiger partial charge in [0.05, 0.1) is 17.7 Å². The predicted octanol–water partition coefficient (Wildman–Crippen LogP) is 4.85. The highest BCUT2D eigenvalue weighted by Gasteiger charge is 2.07. The van der Waals surface area contributed by atoms with Gasteiger partial charge in [0.15, 0.2) is 0 Å². The number of hydrogen-bond donors (Lipinski definition) is 1. The average Bonchev–Trinajstić information content (AvgIpc) is 2.60. The van der Waals surface area contributed by atoms with Gasteiger partial charge in [-0.25, -0.2) is 4.79 Å². The van der Waals surface area contributed by atoms with E-state index >= 15 is 0 Å². The number of pyridine rings is 1. The minimum atomic E-state index is -0.284. The van der Waals surface area contributed by atoms with Crippen LogP contribution in [0.5, 0.6) is 0 Å². The molecule has 0 aliphatic heterocycles. The van der Waals surface area contributed by atoms with Crippen LogP contribution in [0.25, 0.3) is 10.9 Å². The topological polar surface area (TPSA) is 51.2 Å². The van der Waals surface area contributed by atoms with Gasteiger partial charge in [-0.3, -0.25) is 4.98 Å². The Bertz CT molecular complexity index is 857. The van der Waals surface area contributed by atoms with Crippen LogP contribution in [0.15, 0.2) is 54.6 Å². The van der Waals surface area contributed by atoms with Gasteiger partial charge in [-0.05, 0) is 49.7 Å². The first-order valence-electron chi connectivity index (χ1n) is 8.08. The molecule has 2 aromatic carbocycles. The Balaban J connectivity index is 1.83. The number of ether oxygens (including phenoxy) is 1. The fourth-order valence-corrected chi connectivity index (χ4v) is 2.53. The SMILES string of the molecule is CCCOC(=O)c1ccc(Nc2cc(C)nc3ccccc23)cc1. The van der Waals surface area contributed by atoms with E-state index in [2.05, 4.69) is 10.3 Å². The lowest BCUT2D eigenvalue weighted by Gasteiger charge is -2.11. The van der Waals surface area contributed by atoms with Crippen LogP contribution in [-0.4, -0.2) is 17.6 Å². The first-order chi connectivity index (χ1) is 11.7. The summed E-state index contributed by atoms with van der Waals surface area (Å²) in [6.07, 6.45) is 0.819. The van der Waals surface area contributed by atoms with Crippen LogP contribution in [0.3, 0.4) is 0 Å². The summed E-state index contributed by atoms with van der Waals surface area (Å²) in [4.78, 5) is 16.4. The number of aromatic nitrogens is 1.